The number of likely N-dealkylation sites (tertiary alicyclic amines) is 1. The van der Waals surface area contributed by atoms with Gasteiger partial charge in [0.25, 0.3) is 11.8 Å². The van der Waals surface area contributed by atoms with Gasteiger partial charge in [0.1, 0.15) is 11.6 Å². The average molecular weight is 434 g/mol. The summed E-state index contributed by atoms with van der Waals surface area (Å²) in [7, 11) is 0. The molecule has 2 amide bonds. The second-order valence-electron chi connectivity index (χ2n) is 8.05. The van der Waals surface area contributed by atoms with Crippen molar-refractivity contribution in [2.75, 3.05) is 18.1 Å². The molecule has 2 aliphatic rings. The number of para-hydroxylation sites is 1. The number of rotatable bonds is 3. The summed E-state index contributed by atoms with van der Waals surface area (Å²) in [6.45, 7) is -0.0270. The molecule has 1 fully saturated rings. The molecule has 2 aliphatic heterocycles. The largest absolute Gasteiger partial charge is 0.394 e. The molecule has 5 nitrogen and oxygen atoms in total. The molecule has 3 aromatic rings. The predicted molar refractivity (Wildman–Crippen MR) is 114 cm³/mol. The number of halogens is 2. The van der Waals surface area contributed by atoms with E-state index in [0.29, 0.717) is 11.3 Å². The molecule has 7 heteroatoms. The molecule has 1 saturated heterocycles. The molecule has 0 unspecified atom stereocenters. The van der Waals surface area contributed by atoms with E-state index in [-0.39, 0.29) is 42.5 Å². The van der Waals surface area contributed by atoms with Gasteiger partial charge in [-0.2, -0.15) is 0 Å². The molecule has 0 aliphatic carbocycles. The molecule has 3 aromatic carbocycles. The molecule has 0 spiro atoms. The standard InChI is InChI=1S/C25H20F2N2O3/c26-17-10-8-15(9-11-17)25(32)29-21-13-28(24(31)16-4-3-5-18(27)12-16)20-7-2-1-6-19(20)23(21)22(29)14-30/h1-12,21-23,30H,13-14H2/t21-,22-,23+/m0/s1. The van der Waals surface area contributed by atoms with Gasteiger partial charge >= 0.3 is 0 Å². The number of carbonyl (C=O) groups excluding carboxylic acids is 2. The minimum Gasteiger partial charge on any atom is -0.394 e. The van der Waals surface area contributed by atoms with Crippen molar-refractivity contribution >= 4 is 17.5 Å². The highest BCUT2D eigenvalue weighted by atomic mass is 19.1. The highest BCUT2D eigenvalue weighted by molar-refractivity contribution is 6.07. The van der Waals surface area contributed by atoms with E-state index in [1.807, 2.05) is 24.3 Å². The Labute approximate surface area is 183 Å². The number of anilines is 1. The van der Waals surface area contributed by atoms with E-state index in [0.717, 1.165) is 5.56 Å². The maximum absolute atomic E-state index is 13.7. The van der Waals surface area contributed by atoms with Crippen molar-refractivity contribution in [1.82, 2.24) is 4.90 Å². The lowest BCUT2D eigenvalue weighted by atomic mass is 9.71. The fourth-order valence-electron chi connectivity index (χ4n) is 4.88. The summed E-state index contributed by atoms with van der Waals surface area (Å²) in [6, 6.07) is 17.3. The van der Waals surface area contributed by atoms with Gasteiger partial charge in [-0.1, -0.05) is 24.3 Å². The van der Waals surface area contributed by atoms with Crippen LogP contribution < -0.4 is 4.90 Å². The second kappa shape index (κ2) is 7.84. The van der Waals surface area contributed by atoms with Crippen LogP contribution >= 0.6 is 0 Å². The van der Waals surface area contributed by atoms with E-state index >= 15 is 0 Å². The third-order valence-corrected chi connectivity index (χ3v) is 6.33. The monoisotopic (exact) mass is 434 g/mol. The number of amides is 2. The Morgan fingerprint density at radius 3 is 2.34 bits per heavy atom. The molecular weight excluding hydrogens is 414 g/mol. The van der Waals surface area contributed by atoms with Crippen molar-refractivity contribution in [2.45, 2.75) is 18.0 Å². The summed E-state index contributed by atoms with van der Waals surface area (Å²) in [5, 5.41) is 10.1. The fourth-order valence-corrected chi connectivity index (χ4v) is 4.88. The van der Waals surface area contributed by atoms with E-state index < -0.39 is 17.7 Å². The first kappa shape index (κ1) is 20.3. The first-order valence-corrected chi connectivity index (χ1v) is 10.3. The zero-order valence-corrected chi connectivity index (χ0v) is 17.0. The topological polar surface area (TPSA) is 60.9 Å². The van der Waals surface area contributed by atoms with E-state index in [1.165, 1.54) is 42.5 Å². The Kier molecular flexibility index (Phi) is 4.98. The van der Waals surface area contributed by atoms with Gasteiger partial charge in [0.15, 0.2) is 0 Å². The maximum Gasteiger partial charge on any atom is 0.258 e. The molecule has 32 heavy (non-hydrogen) atoms. The van der Waals surface area contributed by atoms with Crippen molar-refractivity contribution in [3.63, 3.8) is 0 Å². The zero-order valence-electron chi connectivity index (χ0n) is 17.0. The van der Waals surface area contributed by atoms with Gasteiger partial charge in [-0.05, 0) is 54.1 Å². The molecule has 0 aromatic heterocycles. The van der Waals surface area contributed by atoms with Gasteiger partial charge < -0.3 is 14.9 Å². The van der Waals surface area contributed by atoms with Crippen molar-refractivity contribution in [3.8, 4) is 0 Å². The van der Waals surface area contributed by atoms with Crippen LogP contribution in [-0.2, 0) is 0 Å². The quantitative estimate of drug-likeness (QED) is 0.685. The van der Waals surface area contributed by atoms with Crippen LogP contribution in [0.15, 0.2) is 72.8 Å². The van der Waals surface area contributed by atoms with Crippen LogP contribution in [0, 0.1) is 11.6 Å². The molecule has 0 saturated carbocycles. The number of carbonyl (C=O) groups is 2. The van der Waals surface area contributed by atoms with Crippen LogP contribution in [0.2, 0.25) is 0 Å². The smallest absolute Gasteiger partial charge is 0.258 e. The maximum atomic E-state index is 13.7. The molecule has 5 rings (SSSR count). The fraction of sp³-hybridized carbons (Fsp3) is 0.200. The van der Waals surface area contributed by atoms with Gasteiger partial charge in [0.2, 0.25) is 0 Å². The Morgan fingerprint density at radius 2 is 1.62 bits per heavy atom. The molecule has 0 bridgehead atoms. The Morgan fingerprint density at radius 1 is 0.875 bits per heavy atom. The van der Waals surface area contributed by atoms with Crippen LogP contribution in [0.1, 0.15) is 32.2 Å². The molecule has 0 radical (unpaired) electrons. The van der Waals surface area contributed by atoms with Gasteiger partial charge in [0.05, 0.1) is 18.7 Å². The lowest BCUT2D eigenvalue weighted by Gasteiger charge is -2.58. The Hall–Kier alpha value is -3.58. The normalized spacial score (nSPS) is 21.4. The van der Waals surface area contributed by atoms with Gasteiger partial charge in [-0.3, -0.25) is 9.59 Å². The lowest BCUT2D eigenvalue weighted by Crippen LogP contribution is -2.70. The summed E-state index contributed by atoms with van der Waals surface area (Å²) < 4.78 is 27.1. The van der Waals surface area contributed by atoms with Gasteiger partial charge in [-0.15, -0.1) is 0 Å². The van der Waals surface area contributed by atoms with Crippen LogP contribution in [0.4, 0.5) is 14.5 Å². The third kappa shape index (κ3) is 3.17. The number of aliphatic hydroxyl groups is 1. The summed E-state index contributed by atoms with van der Waals surface area (Å²) >= 11 is 0. The number of fused-ring (bicyclic) bond motifs is 3. The highest BCUT2D eigenvalue weighted by Crippen LogP contribution is 2.48. The number of hydrogen-bond acceptors (Lipinski definition) is 3. The predicted octanol–water partition coefficient (Wildman–Crippen LogP) is 3.59. The molecule has 2 heterocycles. The minimum atomic E-state index is -0.504. The van der Waals surface area contributed by atoms with Crippen LogP contribution in [0.3, 0.4) is 0 Å². The second-order valence-corrected chi connectivity index (χ2v) is 8.05. The summed E-state index contributed by atoms with van der Waals surface area (Å²) in [5.41, 5.74) is 2.07. The average Bonchev–Trinajstić information content (AvgIpc) is 2.79. The Balaban J connectivity index is 1.53. The number of benzene rings is 3. The van der Waals surface area contributed by atoms with Crippen molar-refractivity contribution < 1.29 is 23.5 Å². The van der Waals surface area contributed by atoms with Crippen molar-refractivity contribution in [3.05, 3.63) is 101 Å². The Bertz CT molecular complexity index is 1200. The van der Waals surface area contributed by atoms with Gasteiger partial charge in [0, 0.05) is 29.3 Å². The summed E-state index contributed by atoms with van der Waals surface area (Å²) in [4.78, 5) is 29.6. The van der Waals surface area contributed by atoms with E-state index in [9.17, 15) is 23.5 Å². The van der Waals surface area contributed by atoms with Crippen molar-refractivity contribution in [1.29, 1.82) is 0 Å². The van der Waals surface area contributed by atoms with Crippen LogP contribution in [-0.4, -0.2) is 47.1 Å². The zero-order chi connectivity index (χ0) is 22.4. The first-order chi connectivity index (χ1) is 15.5. The number of hydrogen-bond donors (Lipinski definition) is 1. The van der Waals surface area contributed by atoms with E-state index in [1.54, 1.807) is 15.9 Å². The summed E-state index contributed by atoms with van der Waals surface area (Å²) in [5.74, 6) is -1.78. The van der Waals surface area contributed by atoms with Crippen LogP contribution in [0.25, 0.3) is 0 Å². The number of nitrogens with zero attached hydrogens (tertiary/aromatic N) is 2. The molecule has 3 atom stereocenters. The molecule has 1 N–H and O–H groups in total. The van der Waals surface area contributed by atoms with Crippen molar-refractivity contribution in [2.24, 2.45) is 0 Å². The molecular formula is C25H20F2N2O3. The van der Waals surface area contributed by atoms with E-state index in [2.05, 4.69) is 0 Å². The first-order valence-electron chi connectivity index (χ1n) is 10.3. The molecule has 162 valence electrons. The SMILES string of the molecule is O=C(c1cccc(F)c1)N1C[C@H]2[C@@H](c3ccccc31)[C@H](CO)N2C(=O)c1ccc(F)cc1. The summed E-state index contributed by atoms with van der Waals surface area (Å²) in [6.07, 6.45) is 0. The van der Waals surface area contributed by atoms with E-state index in [4.69, 9.17) is 0 Å². The van der Waals surface area contributed by atoms with Crippen LogP contribution in [0.5, 0.6) is 0 Å². The lowest BCUT2D eigenvalue weighted by molar-refractivity contribution is -0.0246. The highest BCUT2D eigenvalue weighted by Gasteiger charge is 2.55. The number of aliphatic hydroxyl groups excluding tert-OH is 1. The third-order valence-electron chi connectivity index (χ3n) is 6.33. The minimum absolute atomic E-state index is 0.142. The van der Waals surface area contributed by atoms with Gasteiger partial charge in [-0.25, -0.2) is 8.78 Å².